The molecule has 27 heavy (non-hydrogen) atoms. The van der Waals surface area contributed by atoms with Crippen LogP contribution in [0.3, 0.4) is 0 Å². The van der Waals surface area contributed by atoms with Crippen LogP contribution in [0.25, 0.3) is 10.8 Å². The predicted octanol–water partition coefficient (Wildman–Crippen LogP) is 3.46. The summed E-state index contributed by atoms with van der Waals surface area (Å²) in [6.45, 7) is -0.311. The molecule has 136 valence electrons. The topological polar surface area (TPSA) is 81.7 Å². The van der Waals surface area contributed by atoms with Crippen molar-refractivity contribution in [3.05, 3.63) is 71.8 Å². The molecule has 0 spiro atoms. The van der Waals surface area contributed by atoms with Crippen LogP contribution in [-0.2, 0) is 9.53 Å². The van der Waals surface area contributed by atoms with E-state index in [1.165, 1.54) is 7.11 Å². The molecule has 0 unspecified atom stereocenters. The smallest absolute Gasteiger partial charge is 0.339 e. The van der Waals surface area contributed by atoms with Crippen molar-refractivity contribution in [1.29, 1.82) is 0 Å². The molecule has 0 saturated carbocycles. The molecule has 6 nitrogen and oxygen atoms in total. The van der Waals surface area contributed by atoms with E-state index in [2.05, 4.69) is 5.32 Å². The molecule has 1 N–H and O–H groups in total. The van der Waals surface area contributed by atoms with Crippen molar-refractivity contribution in [3.63, 3.8) is 0 Å². The number of para-hydroxylation sites is 1. The van der Waals surface area contributed by atoms with Crippen molar-refractivity contribution in [2.75, 3.05) is 19.0 Å². The van der Waals surface area contributed by atoms with Gasteiger partial charge in [0.25, 0.3) is 5.91 Å². The van der Waals surface area contributed by atoms with Crippen LogP contribution in [0.1, 0.15) is 20.7 Å². The number of carbonyl (C=O) groups excluding carboxylic acids is 3. The van der Waals surface area contributed by atoms with Crippen molar-refractivity contribution in [2.24, 2.45) is 0 Å². The molecule has 0 bridgehead atoms. The summed E-state index contributed by atoms with van der Waals surface area (Å²) < 4.78 is 10.2. The number of methoxy groups -OCH3 is 1. The molecule has 0 radical (unpaired) electrons. The van der Waals surface area contributed by atoms with E-state index < -0.39 is 11.9 Å². The van der Waals surface area contributed by atoms with Gasteiger partial charge in [0.05, 0.1) is 23.9 Å². The number of amides is 1. The summed E-state index contributed by atoms with van der Waals surface area (Å²) in [4.78, 5) is 35.5. The third kappa shape index (κ3) is 3.95. The van der Waals surface area contributed by atoms with Crippen LogP contribution in [0.15, 0.2) is 60.7 Å². The van der Waals surface area contributed by atoms with E-state index in [1.807, 2.05) is 30.3 Å². The van der Waals surface area contributed by atoms with Crippen LogP contribution in [0.5, 0.6) is 5.75 Å². The number of nitrogens with one attached hydrogen (secondary N) is 1. The number of carbonyl (C=O) groups is 3. The van der Waals surface area contributed by atoms with Crippen LogP contribution >= 0.6 is 0 Å². The first-order valence-electron chi connectivity index (χ1n) is 8.21. The van der Waals surface area contributed by atoms with Gasteiger partial charge < -0.3 is 14.8 Å². The van der Waals surface area contributed by atoms with Gasteiger partial charge in [0, 0.05) is 0 Å². The van der Waals surface area contributed by atoms with Gasteiger partial charge in [-0.1, -0.05) is 42.5 Å². The van der Waals surface area contributed by atoms with E-state index >= 15 is 0 Å². The Morgan fingerprint density at radius 3 is 2.52 bits per heavy atom. The standard InChI is InChI=1S/C21H17NO5/c1-26-21(25)16-8-4-5-9-18(16)22-20(24)13-27-19-11-10-14-6-2-3-7-15(14)17(19)12-23/h2-12H,13H2,1H3,(H,22,24). The van der Waals surface area contributed by atoms with Gasteiger partial charge in [0.2, 0.25) is 0 Å². The van der Waals surface area contributed by atoms with Crippen molar-refractivity contribution in [1.82, 2.24) is 0 Å². The quantitative estimate of drug-likeness (QED) is 0.536. The van der Waals surface area contributed by atoms with E-state index in [9.17, 15) is 14.4 Å². The molecule has 0 atom stereocenters. The Morgan fingerprint density at radius 1 is 1.00 bits per heavy atom. The Bertz CT molecular complexity index is 1010. The average Bonchev–Trinajstić information content (AvgIpc) is 2.71. The molecular weight excluding hydrogens is 346 g/mol. The number of aldehydes is 1. The fourth-order valence-corrected chi connectivity index (χ4v) is 2.73. The number of ether oxygens (including phenoxy) is 2. The van der Waals surface area contributed by atoms with Gasteiger partial charge in [0.1, 0.15) is 5.75 Å². The van der Waals surface area contributed by atoms with Gasteiger partial charge in [-0.25, -0.2) is 4.79 Å². The van der Waals surface area contributed by atoms with E-state index in [0.29, 0.717) is 23.3 Å². The van der Waals surface area contributed by atoms with Crippen LogP contribution in [-0.4, -0.2) is 31.9 Å². The average molecular weight is 363 g/mol. The zero-order valence-electron chi connectivity index (χ0n) is 14.6. The number of hydrogen-bond donors (Lipinski definition) is 1. The number of hydrogen-bond acceptors (Lipinski definition) is 5. The Hall–Kier alpha value is -3.67. The minimum absolute atomic E-state index is 0.243. The number of rotatable bonds is 6. The molecular formula is C21H17NO5. The molecule has 0 aromatic heterocycles. The first-order chi connectivity index (χ1) is 13.1. The van der Waals surface area contributed by atoms with Crippen LogP contribution in [0.2, 0.25) is 0 Å². The fraction of sp³-hybridized carbons (Fsp3) is 0.0952. The number of esters is 1. The zero-order chi connectivity index (χ0) is 19.2. The fourth-order valence-electron chi connectivity index (χ4n) is 2.73. The maximum Gasteiger partial charge on any atom is 0.339 e. The van der Waals surface area contributed by atoms with E-state index in [0.717, 1.165) is 10.8 Å². The molecule has 0 heterocycles. The van der Waals surface area contributed by atoms with Crippen molar-refractivity contribution >= 4 is 34.6 Å². The summed E-state index contributed by atoms with van der Waals surface area (Å²) in [6.07, 6.45) is 0.710. The Morgan fingerprint density at radius 2 is 1.74 bits per heavy atom. The number of fused-ring (bicyclic) bond motifs is 1. The second kappa shape index (κ2) is 8.14. The van der Waals surface area contributed by atoms with Crippen molar-refractivity contribution < 1.29 is 23.9 Å². The molecule has 3 aromatic rings. The van der Waals surface area contributed by atoms with E-state index in [1.54, 1.807) is 30.3 Å². The lowest BCUT2D eigenvalue weighted by Crippen LogP contribution is -2.22. The van der Waals surface area contributed by atoms with Gasteiger partial charge in [-0.15, -0.1) is 0 Å². The molecule has 0 fully saturated rings. The van der Waals surface area contributed by atoms with Gasteiger partial charge in [0.15, 0.2) is 12.9 Å². The monoisotopic (exact) mass is 363 g/mol. The minimum Gasteiger partial charge on any atom is -0.483 e. The van der Waals surface area contributed by atoms with Crippen LogP contribution in [0.4, 0.5) is 5.69 Å². The molecule has 3 rings (SSSR count). The highest BCUT2D eigenvalue weighted by molar-refractivity contribution is 6.02. The first-order valence-corrected chi connectivity index (χ1v) is 8.21. The number of anilines is 1. The highest BCUT2D eigenvalue weighted by Gasteiger charge is 2.14. The van der Waals surface area contributed by atoms with Crippen molar-refractivity contribution in [2.45, 2.75) is 0 Å². The summed E-state index contributed by atoms with van der Waals surface area (Å²) in [5, 5.41) is 4.27. The highest BCUT2D eigenvalue weighted by Crippen LogP contribution is 2.26. The Balaban J connectivity index is 1.75. The van der Waals surface area contributed by atoms with Gasteiger partial charge in [-0.05, 0) is 29.0 Å². The second-order valence-corrected chi connectivity index (χ2v) is 5.69. The third-order valence-corrected chi connectivity index (χ3v) is 4.01. The van der Waals surface area contributed by atoms with Crippen LogP contribution in [0, 0.1) is 0 Å². The summed E-state index contributed by atoms with van der Waals surface area (Å²) in [5.41, 5.74) is 0.954. The van der Waals surface area contributed by atoms with E-state index in [-0.39, 0.29) is 12.2 Å². The normalized spacial score (nSPS) is 10.3. The van der Waals surface area contributed by atoms with Gasteiger partial charge in [-0.3, -0.25) is 9.59 Å². The third-order valence-electron chi connectivity index (χ3n) is 4.01. The lowest BCUT2D eigenvalue weighted by molar-refractivity contribution is -0.118. The second-order valence-electron chi connectivity index (χ2n) is 5.69. The summed E-state index contributed by atoms with van der Waals surface area (Å²) in [5.74, 6) is -0.693. The minimum atomic E-state index is -0.551. The highest BCUT2D eigenvalue weighted by atomic mass is 16.5. The summed E-state index contributed by atoms with van der Waals surface area (Å²) >= 11 is 0. The summed E-state index contributed by atoms with van der Waals surface area (Å²) in [6, 6.07) is 17.4. The Labute approximate surface area is 155 Å². The molecule has 1 amide bonds. The largest absolute Gasteiger partial charge is 0.483 e. The van der Waals surface area contributed by atoms with Crippen molar-refractivity contribution in [3.8, 4) is 5.75 Å². The molecule has 0 aliphatic rings. The van der Waals surface area contributed by atoms with E-state index in [4.69, 9.17) is 9.47 Å². The molecule has 0 aliphatic carbocycles. The lowest BCUT2D eigenvalue weighted by atomic mass is 10.0. The molecule has 6 heteroatoms. The Kier molecular flexibility index (Phi) is 5.47. The summed E-state index contributed by atoms with van der Waals surface area (Å²) in [7, 11) is 1.27. The SMILES string of the molecule is COC(=O)c1ccccc1NC(=O)COc1ccc2ccccc2c1C=O. The molecule has 0 saturated heterocycles. The lowest BCUT2D eigenvalue weighted by Gasteiger charge is -2.12. The van der Waals surface area contributed by atoms with Gasteiger partial charge >= 0.3 is 5.97 Å². The molecule has 3 aromatic carbocycles. The maximum atomic E-state index is 12.2. The van der Waals surface area contributed by atoms with Gasteiger partial charge in [-0.2, -0.15) is 0 Å². The molecule has 0 aliphatic heterocycles. The maximum absolute atomic E-state index is 12.2. The number of benzene rings is 3. The first kappa shape index (κ1) is 18.1. The van der Waals surface area contributed by atoms with Crippen LogP contribution < -0.4 is 10.1 Å². The zero-order valence-corrected chi connectivity index (χ0v) is 14.6. The predicted molar refractivity (Wildman–Crippen MR) is 101 cm³/mol.